The second-order valence-corrected chi connectivity index (χ2v) is 6.93. The van der Waals surface area contributed by atoms with Gasteiger partial charge in [-0.15, -0.1) is 0 Å². The van der Waals surface area contributed by atoms with Crippen LogP contribution >= 0.6 is 0 Å². The van der Waals surface area contributed by atoms with Crippen molar-refractivity contribution in [3.63, 3.8) is 0 Å². The summed E-state index contributed by atoms with van der Waals surface area (Å²) in [7, 11) is 0. The Hall–Kier alpha value is -1.95. The first-order valence-corrected chi connectivity index (χ1v) is 7.83. The summed E-state index contributed by atoms with van der Waals surface area (Å²) < 4.78 is 14.5. The van der Waals surface area contributed by atoms with Crippen LogP contribution in [0.2, 0.25) is 0 Å². The van der Waals surface area contributed by atoms with Gasteiger partial charge in [-0.1, -0.05) is 26.8 Å². The average Bonchev–Trinajstić information content (AvgIpc) is 2.49. The van der Waals surface area contributed by atoms with E-state index in [1.165, 1.54) is 0 Å². The molecule has 1 heterocycles. The summed E-state index contributed by atoms with van der Waals surface area (Å²) >= 11 is 0. The van der Waals surface area contributed by atoms with Gasteiger partial charge in [0.05, 0.1) is 5.69 Å². The normalized spacial score (nSPS) is 15.5. The first-order chi connectivity index (χ1) is 10.7. The van der Waals surface area contributed by atoms with Gasteiger partial charge >= 0.3 is 0 Å². The van der Waals surface area contributed by atoms with Crippen LogP contribution in [0.15, 0.2) is 12.1 Å². The SMILES string of the molecule is CC(NC(=O)C(C)(C)C)C(=O)Nc1ccc2c(c1F)CCNC2. The van der Waals surface area contributed by atoms with Crippen LogP contribution in [0.3, 0.4) is 0 Å². The van der Waals surface area contributed by atoms with Gasteiger partial charge in [-0.25, -0.2) is 4.39 Å². The molecule has 1 aromatic carbocycles. The molecule has 1 unspecified atom stereocenters. The molecule has 2 rings (SSSR count). The number of rotatable bonds is 3. The zero-order valence-electron chi connectivity index (χ0n) is 14.0. The quantitative estimate of drug-likeness (QED) is 0.797. The molecule has 5 nitrogen and oxygen atoms in total. The maximum absolute atomic E-state index is 14.5. The van der Waals surface area contributed by atoms with Crippen LogP contribution in [0.5, 0.6) is 0 Å². The average molecular weight is 321 g/mol. The Morgan fingerprint density at radius 1 is 1.30 bits per heavy atom. The molecule has 0 aliphatic carbocycles. The lowest BCUT2D eigenvalue weighted by atomic mass is 9.95. The molecule has 6 heteroatoms. The summed E-state index contributed by atoms with van der Waals surface area (Å²) in [5.41, 5.74) is 1.14. The number of carbonyl (C=O) groups is 2. The Balaban J connectivity index is 2.07. The third-order valence-corrected chi connectivity index (χ3v) is 3.89. The lowest BCUT2D eigenvalue weighted by molar-refractivity contribution is -0.131. The third-order valence-electron chi connectivity index (χ3n) is 3.89. The molecule has 0 bridgehead atoms. The molecule has 2 amide bonds. The van der Waals surface area contributed by atoms with Crippen LogP contribution in [0.25, 0.3) is 0 Å². The summed E-state index contributed by atoms with van der Waals surface area (Å²) in [4.78, 5) is 24.1. The maximum atomic E-state index is 14.5. The van der Waals surface area contributed by atoms with Crippen molar-refractivity contribution in [2.75, 3.05) is 11.9 Å². The molecule has 1 aliphatic rings. The predicted molar refractivity (Wildman–Crippen MR) is 87.5 cm³/mol. The van der Waals surface area contributed by atoms with E-state index in [-0.39, 0.29) is 17.4 Å². The Kier molecular flexibility index (Phi) is 5.04. The highest BCUT2D eigenvalue weighted by molar-refractivity contribution is 5.97. The fraction of sp³-hybridized carbons (Fsp3) is 0.529. The van der Waals surface area contributed by atoms with Gasteiger partial charge < -0.3 is 16.0 Å². The molecule has 1 atom stereocenters. The molecule has 23 heavy (non-hydrogen) atoms. The first-order valence-electron chi connectivity index (χ1n) is 7.83. The predicted octanol–water partition coefficient (Wildman–Crippen LogP) is 1.96. The molecule has 1 aromatic rings. The van der Waals surface area contributed by atoms with E-state index in [0.717, 1.165) is 12.1 Å². The van der Waals surface area contributed by atoms with Crippen molar-refractivity contribution in [3.8, 4) is 0 Å². The Labute approximate surface area is 136 Å². The number of hydrogen-bond acceptors (Lipinski definition) is 3. The van der Waals surface area contributed by atoms with E-state index in [1.807, 2.05) is 6.07 Å². The van der Waals surface area contributed by atoms with E-state index in [0.29, 0.717) is 18.5 Å². The molecule has 0 saturated heterocycles. The van der Waals surface area contributed by atoms with Crippen LogP contribution in [0.4, 0.5) is 10.1 Å². The van der Waals surface area contributed by atoms with Crippen molar-refractivity contribution in [1.82, 2.24) is 10.6 Å². The van der Waals surface area contributed by atoms with Gasteiger partial charge in [0.2, 0.25) is 11.8 Å². The summed E-state index contributed by atoms with van der Waals surface area (Å²) in [6.45, 7) is 8.25. The first kappa shape index (κ1) is 17.4. The minimum absolute atomic E-state index is 0.160. The van der Waals surface area contributed by atoms with Crippen molar-refractivity contribution in [2.45, 2.75) is 46.7 Å². The van der Waals surface area contributed by atoms with Gasteiger partial charge in [0.1, 0.15) is 11.9 Å². The highest BCUT2D eigenvalue weighted by atomic mass is 19.1. The van der Waals surface area contributed by atoms with Gasteiger partial charge in [0, 0.05) is 12.0 Å². The Morgan fingerprint density at radius 2 is 2.00 bits per heavy atom. The summed E-state index contributed by atoms with van der Waals surface area (Å²) in [5.74, 6) is -1.04. The van der Waals surface area contributed by atoms with Crippen LogP contribution < -0.4 is 16.0 Å². The van der Waals surface area contributed by atoms with E-state index < -0.39 is 17.4 Å². The van der Waals surface area contributed by atoms with Gasteiger partial charge in [-0.05, 0) is 37.1 Å². The fourth-order valence-electron chi connectivity index (χ4n) is 2.35. The number of carbonyl (C=O) groups excluding carboxylic acids is 2. The van der Waals surface area contributed by atoms with Gasteiger partial charge in [-0.2, -0.15) is 0 Å². The summed E-state index contributed by atoms with van der Waals surface area (Å²) in [6, 6.07) is 2.65. The van der Waals surface area contributed by atoms with E-state index >= 15 is 0 Å². The fourth-order valence-corrected chi connectivity index (χ4v) is 2.35. The lowest BCUT2D eigenvalue weighted by Gasteiger charge is -2.22. The number of nitrogens with one attached hydrogen (secondary N) is 3. The Bertz CT molecular complexity index is 623. The lowest BCUT2D eigenvalue weighted by Crippen LogP contribution is -2.46. The van der Waals surface area contributed by atoms with Crippen LogP contribution in [-0.4, -0.2) is 24.4 Å². The molecular weight excluding hydrogens is 297 g/mol. The van der Waals surface area contributed by atoms with Crippen molar-refractivity contribution >= 4 is 17.5 Å². The summed E-state index contributed by atoms with van der Waals surface area (Å²) in [6.07, 6.45) is 0.598. The van der Waals surface area contributed by atoms with Crippen molar-refractivity contribution < 1.29 is 14.0 Å². The van der Waals surface area contributed by atoms with Crippen molar-refractivity contribution in [2.24, 2.45) is 5.41 Å². The van der Waals surface area contributed by atoms with E-state index in [1.54, 1.807) is 33.8 Å². The molecule has 0 radical (unpaired) electrons. The highest BCUT2D eigenvalue weighted by Crippen LogP contribution is 2.24. The van der Waals surface area contributed by atoms with Crippen LogP contribution in [0, 0.1) is 11.2 Å². The van der Waals surface area contributed by atoms with Gasteiger partial charge in [-0.3, -0.25) is 9.59 Å². The minimum Gasteiger partial charge on any atom is -0.344 e. The largest absolute Gasteiger partial charge is 0.344 e. The zero-order chi connectivity index (χ0) is 17.2. The third kappa shape index (κ3) is 4.07. The summed E-state index contributed by atoms with van der Waals surface area (Å²) in [5, 5.41) is 8.39. The van der Waals surface area contributed by atoms with E-state index in [9.17, 15) is 14.0 Å². The van der Waals surface area contributed by atoms with Gasteiger partial charge in [0.25, 0.3) is 0 Å². The number of benzene rings is 1. The number of anilines is 1. The molecule has 0 saturated carbocycles. The van der Waals surface area contributed by atoms with Crippen LogP contribution in [0.1, 0.15) is 38.8 Å². The standard InChI is InChI=1S/C17H24FN3O2/c1-10(20-16(23)17(2,3)4)15(22)21-13-6-5-11-9-19-8-7-12(11)14(13)18/h5-6,10,19H,7-9H2,1-4H3,(H,20,23)(H,21,22). The van der Waals surface area contributed by atoms with Crippen molar-refractivity contribution in [1.29, 1.82) is 0 Å². The molecule has 0 fully saturated rings. The smallest absolute Gasteiger partial charge is 0.246 e. The van der Waals surface area contributed by atoms with E-state index in [4.69, 9.17) is 0 Å². The molecular formula is C17H24FN3O2. The van der Waals surface area contributed by atoms with Crippen molar-refractivity contribution in [3.05, 3.63) is 29.1 Å². The molecule has 0 spiro atoms. The number of fused-ring (bicyclic) bond motifs is 1. The molecule has 126 valence electrons. The van der Waals surface area contributed by atoms with Gasteiger partial charge in [0.15, 0.2) is 0 Å². The molecule has 3 N–H and O–H groups in total. The minimum atomic E-state index is -0.737. The monoisotopic (exact) mass is 321 g/mol. The zero-order valence-corrected chi connectivity index (χ0v) is 14.0. The highest BCUT2D eigenvalue weighted by Gasteiger charge is 2.26. The van der Waals surface area contributed by atoms with Crippen LogP contribution in [-0.2, 0) is 22.6 Å². The topological polar surface area (TPSA) is 70.2 Å². The Morgan fingerprint density at radius 3 is 2.65 bits per heavy atom. The molecule has 1 aliphatic heterocycles. The second kappa shape index (κ2) is 6.66. The second-order valence-electron chi connectivity index (χ2n) is 6.93. The van der Waals surface area contributed by atoms with E-state index in [2.05, 4.69) is 16.0 Å². The number of hydrogen-bond donors (Lipinski definition) is 3. The maximum Gasteiger partial charge on any atom is 0.246 e. The molecule has 0 aromatic heterocycles. The number of halogens is 1. The number of amides is 2.